The lowest BCUT2D eigenvalue weighted by Crippen LogP contribution is -2.20. The first kappa shape index (κ1) is 21.5. The van der Waals surface area contributed by atoms with Gasteiger partial charge in [-0.25, -0.2) is 4.79 Å². The Balaban J connectivity index is 1.95. The molecule has 0 aliphatic carbocycles. The number of esters is 1. The van der Waals surface area contributed by atoms with E-state index in [0.717, 1.165) is 35.2 Å². The number of aromatic nitrogens is 2. The van der Waals surface area contributed by atoms with Crippen molar-refractivity contribution in [3.8, 4) is 0 Å². The van der Waals surface area contributed by atoms with Crippen LogP contribution in [0.15, 0.2) is 24.3 Å². The normalized spacial score (nSPS) is 11.7. The summed E-state index contributed by atoms with van der Waals surface area (Å²) < 4.78 is 44.7. The molecule has 2 aromatic rings. The molecule has 2 rings (SSSR count). The second-order valence-corrected chi connectivity index (χ2v) is 6.30. The lowest BCUT2D eigenvalue weighted by atomic mass is 10.2. The number of ether oxygens (including phenoxy) is 1. The van der Waals surface area contributed by atoms with Crippen molar-refractivity contribution in [2.45, 2.75) is 20.0 Å². The molecule has 1 aromatic heterocycles. The molecule has 0 spiro atoms. The fourth-order valence-electron chi connectivity index (χ4n) is 2.35. The number of benzene rings is 1. The summed E-state index contributed by atoms with van der Waals surface area (Å²) in [6.45, 7) is 2.93. The molecule has 0 aliphatic heterocycles. The van der Waals surface area contributed by atoms with E-state index < -0.39 is 30.2 Å². The summed E-state index contributed by atoms with van der Waals surface area (Å²) in [5.41, 5.74) is 1.13. The van der Waals surface area contributed by atoms with E-state index >= 15 is 0 Å². The first-order valence-electron chi connectivity index (χ1n) is 8.00. The van der Waals surface area contributed by atoms with Gasteiger partial charge in [-0.3, -0.25) is 9.48 Å². The highest BCUT2D eigenvalue weighted by Crippen LogP contribution is 2.33. The molecule has 0 fully saturated rings. The van der Waals surface area contributed by atoms with Crippen LogP contribution < -0.4 is 5.32 Å². The maximum Gasteiger partial charge on any atom is 0.416 e. The zero-order chi connectivity index (χ0) is 21.1. The summed E-state index contributed by atoms with van der Waals surface area (Å²) in [6.07, 6.45) is -1.92. The summed E-state index contributed by atoms with van der Waals surface area (Å²) in [5.74, 6) is -1.61. The van der Waals surface area contributed by atoms with Crippen LogP contribution in [0.3, 0.4) is 0 Å². The number of carbonyl (C=O) groups excluding carboxylic acids is 2. The molecule has 1 amide bonds. The van der Waals surface area contributed by atoms with Crippen LogP contribution >= 0.6 is 11.6 Å². The highest BCUT2D eigenvalue weighted by atomic mass is 35.5. The molecule has 150 valence electrons. The lowest BCUT2D eigenvalue weighted by Gasteiger charge is -2.11. The lowest BCUT2D eigenvalue weighted by molar-refractivity contribution is -0.142. The van der Waals surface area contributed by atoms with Crippen LogP contribution in [0.5, 0.6) is 0 Å². The average molecular weight is 416 g/mol. The minimum atomic E-state index is -4.58. The smallest absolute Gasteiger partial charge is 0.416 e. The molecule has 1 aromatic carbocycles. The molecular weight excluding hydrogens is 399 g/mol. The predicted molar refractivity (Wildman–Crippen MR) is 97.8 cm³/mol. The molecule has 0 aliphatic rings. The van der Waals surface area contributed by atoms with Crippen molar-refractivity contribution >= 4 is 35.2 Å². The van der Waals surface area contributed by atoms with E-state index in [2.05, 4.69) is 10.4 Å². The van der Waals surface area contributed by atoms with Crippen LogP contribution in [0.1, 0.15) is 22.5 Å². The van der Waals surface area contributed by atoms with Crippen molar-refractivity contribution in [2.24, 2.45) is 7.05 Å². The number of carbonyl (C=O) groups is 2. The summed E-state index contributed by atoms with van der Waals surface area (Å²) >= 11 is 5.79. The second-order valence-electron chi connectivity index (χ2n) is 5.89. The minimum Gasteiger partial charge on any atom is -0.452 e. The Hall–Kier alpha value is -2.81. The van der Waals surface area contributed by atoms with Gasteiger partial charge in [0, 0.05) is 24.4 Å². The number of amides is 1. The fourth-order valence-corrected chi connectivity index (χ4v) is 2.52. The molecule has 1 N–H and O–H groups in total. The van der Waals surface area contributed by atoms with Gasteiger partial charge < -0.3 is 10.1 Å². The number of rotatable bonds is 5. The molecule has 28 heavy (non-hydrogen) atoms. The van der Waals surface area contributed by atoms with Gasteiger partial charge in [0.05, 0.1) is 22.0 Å². The molecule has 1 heterocycles. The summed E-state index contributed by atoms with van der Waals surface area (Å²) in [4.78, 5) is 23.6. The Labute approximate surface area is 163 Å². The number of aryl methyl sites for hydroxylation is 2. The Morgan fingerprint density at radius 1 is 1.32 bits per heavy atom. The van der Waals surface area contributed by atoms with Crippen molar-refractivity contribution in [3.05, 3.63) is 51.8 Å². The quantitative estimate of drug-likeness (QED) is 0.593. The molecule has 0 bridgehead atoms. The SMILES string of the molecule is Cc1nn(C)c(C)c1/C=C/C(=O)OCC(=O)Nc1cc(C(F)(F)F)ccc1Cl. The van der Waals surface area contributed by atoms with Gasteiger partial charge in [-0.05, 0) is 38.1 Å². The van der Waals surface area contributed by atoms with Crippen molar-refractivity contribution in [2.75, 3.05) is 11.9 Å². The number of halogens is 4. The standard InChI is InChI=1S/C18H17ClF3N3O3/c1-10-13(11(2)25(3)24-10)5-7-17(27)28-9-16(26)23-15-8-12(18(20,21)22)4-6-14(15)19/h4-8H,9H2,1-3H3,(H,23,26)/b7-5+. The summed E-state index contributed by atoms with van der Waals surface area (Å²) in [5, 5.41) is 6.31. The van der Waals surface area contributed by atoms with Crippen LogP contribution in [0.2, 0.25) is 5.02 Å². The van der Waals surface area contributed by atoms with Gasteiger partial charge in [-0.2, -0.15) is 18.3 Å². The van der Waals surface area contributed by atoms with Gasteiger partial charge in [0.25, 0.3) is 5.91 Å². The first-order valence-corrected chi connectivity index (χ1v) is 8.38. The van der Waals surface area contributed by atoms with E-state index in [9.17, 15) is 22.8 Å². The van der Waals surface area contributed by atoms with E-state index in [1.54, 1.807) is 18.7 Å². The number of anilines is 1. The highest BCUT2D eigenvalue weighted by Gasteiger charge is 2.31. The van der Waals surface area contributed by atoms with Gasteiger partial charge in [0.15, 0.2) is 6.61 Å². The van der Waals surface area contributed by atoms with E-state index in [1.165, 1.54) is 6.08 Å². The Morgan fingerprint density at radius 3 is 2.57 bits per heavy atom. The largest absolute Gasteiger partial charge is 0.452 e. The third-order valence-electron chi connectivity index (χ3n) is 3.86. The van der Waals surface area contributed by atoms with E-state index in [-0.39, 0.29) is 10.7 Å². The monoisotopic (exact) mass is 415 g/mol. The van der Waals surface area contributed by atoms with E-state index in [0.29, 0.717) is 6.07 Å². The number of nitrogens with one attached hydrogen (secondary N) is 1. The maximum absolute atomic E-state index is 12.7. The molecule has 0 atom stereocenters. The van der Waals surface area contributed by atoms with Gasteiger partial charge in [-0.15, -0.1) is 0 Å². The van der Waals surface area contributed by atoms with E-state index in [4.69, 9.17) is 16.3 Å². The van der Waals surface area contributed by atoms with Crippen LogP contribution in [0, 0.1) is 13.8 Å². The number of hydrogen-bond acceptors (Lipinski definition) is 4. The molecule has 0 saturated carbocycles. The molecule has 6 nitrogen and oxygen atoms in total. The molecular formula is C18H17ClF3N3O3. The summed E-state index contributed by atoms with van der Waals surface area (Å²) in [7, 11) is 1.77. The number of hydrogen-bond donors (Lipinski definition) is 1. The van der Waals surface area contributed by atoms with Crippen molar-refractivity contribution in [3.63, 3.8) is 0 Å². The molecule has 0 radical (unpaired) electrons. The zero-order valence-corrected chi connectivity index (χ0v) is 16.0. The topological polar surface area (TPSA) is 73.2 Å². The number of nitrogens with zero attached hydrogens (tertiary/aromatic N) is 2. The van der Waals surface area contributed by atoms with Crippen LogP contribution in [-0.4, -0.2) is 28.3 Å². The van der Waals surface area contributed by atoms with Gasteiger partial charge in [0.1, 0.15) is 0 Å². The van der Waals surface area contributed by atoms with Gasteiger partial charge in [0.2, 0.25) is 0 Å². The molecule has 0 saturated heterocycles. The van der Waals surface area contributed by atoms with Crippen molar-refractivity contribution in [1.82, 2.24) is 9.78 Å². The van der Waals surface area contributed by atoms with E-state index in [1.807, 2.05) is 6.92 Å². The van der Waals surface area contributed by atoms with Crippen LogP contribution in [-0.2, 0) is 27.5 Å². The fraction of sp³-hybridized carbons (Fsp3) is 0.278. The Kier molecular flexibility index (Phi) is 6.50. The van der Waals surface area contributed by atoms with Crippen molar-refractivity contribution < 1.29 is 27.5 Å². The molecule has 0 unspecified atom stereocenters. The minimum absolute atomic E-state index is 0.0740. The van der Waals surface area contributed by atoms with Crippen molar-refractivity contribution in [1.29, 1.82) is 0 Å². The average Bonchev–Trinajstić information content (AvgIpc) is 2.84. The predicted octanol–water partition coefficient (Wildman–Crippen LogP) is 3.90. The first-order chi connectivity index (χ1) is 13.0. The summed E-state index contributed by atoms with van der Waals surface area (Å²) in [6, 6.07) is 2.52. The van der Waals surface area contributed by atoms with Crippen LogP contribution in [0.25, 0.3) is 6.08 Å². The second kappa shape index (κ2) is 8.47. The number of alkyl halides is 3. The van der Waals surface area contributed by atoms with Gasteiger partial charge in [-0.1, -0.05) is 11.6 Å². The maximum atomic E-state index is 12.7. The third kappa shape index (κ3) is 5.35. The molecule has 10 heteroatoms. The third-order valence-corrected chi connectivity index (χ3v) is 4.19. The Morgan fingerprint density at radius 2 is 2.00 bits per heavy atom. The highest BCUT2D eigenvalue weighted by molar-refractivity contribution is 6.33. The van der Waals surface area contributed by atoms with Gasteiger partial charge >= 0.3 is 12.1 Å². The van der Waals surface area contributed by atoms with Crippen LogP contribution in [0.4, 0.5) is 18.9 Å². The Bertz CT molecular complexity index is 936. The zero-order valence-electron chi connectivity index (χ0n) is 15.2.